The minimum Gasteiger partial charge on any atom is -0.464 e. The fraction of sp³-hybridized carbons (Fsp3) is 0.429. The molecule has 1 aliphatic heterocycles. The number of aromatic nitrogens is 2. The Balaban J connectivity index is 1.63. The van der Waals surface area contributed by atoms with Crippen LogP contribution in [0.4, 0.5) is 5.82 Å². The minimum absolute atomic E-state index is 0.217. The Hall–Kier alpha value is -3.50. The molecule has 2 atom stereocenters. The highest BCUT2D eigenvalue weighted by Crippen LogP contribution is 2.29. The third kappa shape index (κ3) is 5.95. The van der Waals surface area contributed by atoms with E-state index in [9.17, 15) is 10.1 Å². The second-order valence-electron chi connectivity index (χ2n) is 9.08. The number of carbonyl (C=O) groups is 1. The summed E-state index contributed by atoms with van der Waals surface area (Å²) in [6.45, 7) is 6.66. The molecule has 0 aliphatic carbocycles. The number of carbonyl (C=O) groups excluding carboxylic acids is 1. The molecule has 1 fully saturated rings. The van der Waals surface area contributed by atoms with Gasteiger partial charge in [0.1, 0.15) is 5.69 Å². The van der Waals surface area contributed by atoms with Crippen LogP contribution in [0.25, 0.3) is 11.0 Å². The van der Waals surface area contributed by atoms with Crippen molar-refractivity contribution in [2.45, 2.75) is 45.1 Å². The van der Waals surface area contributed by atoms with E-state index in [0.717, 1.165) is 31.3 Å². The van der Waals surface area contributed by atoms with Crippen LogP contribution in [0.5, 0.6) is 0 Å². The van der Waals surface area contributed by atoms with Gasteiger partial charge in [0.25, 0.3) is 0 Å². The number of piperazine rings is 1. The predicted molar refractivity (Wildman–Crippen MR) is 137 cm³/mol. The number of nitrogens with one attached hydrogen (secondary N) is 1. The van der Waals surface area contributed by atoms with Crippen LogP contribution in [0.2, 0.25) is 0 Å². The highest BCUT2D eigenvalue weighted by atomic mass is 16.5. The topological polar surface area (TPSA) is 91.1 Å². The number of fused-ring (bicyclic) bond motifs is 1. The number of para-hydroxylation sites is 2. The lowest BCUT2D eigenvalue weighted by Crippen LogP contribution is -2.52. The van der Waals surface area contributed by atoms with Crippen molar-refractivity contribution in [2.24, 2.45) is 5.92 Å². The molecule has 1 saturated heterocycles. The number of hydrogen-bond donors (Lipinski definition) is 1. The number of anilines is 1. The summed E-state index contributed by atoms with van der Waals surface area (Å²) in [6, 6.07) is 20.3. The Kier molecular flexibility index (Phi) is 8.27. The molecule has 1 aromatic heterocycles. The summed E-state index contributed by atoms with van der Waals surface area (Å²) in [5.74, 6) is -0.804. The quantitative estimate of drug-likeness (QED) is 0.467. The van der Waals surface area contributed by atoms with Gasteiger partial charge in [0.2, 0.25) is 0 Å². The van der Waals surface area contributed by atoms with Crippen molar-refractivity contribution in [1.29, 1.82) is 5.26 Å². The second-order valence-corrected chi connectivity index (χ2v) is 9.08. The first-order valence-corrected chi connectivity index (χ1v) is 12.5. The van der Waals surface area contributed by atoms with Gasteiger partial charge in [-0.2, -0.15) is 5.26 Å². The molecule has 7 nitrogen and oxygen atoms in total. The number of benzene rings is 2. The first kappa shape index (κ1) is 24.6. The molecule has 0 saturated carbocycles. The SMILES string of the molecule is CCC(CC)COC(=O)C(C#N)c1nc2ccccc2nc1N1CCNC(Cc2ccccc2)C1. The van der Waals surface area contributed by atoms with Crippen molar-refractivity contribution in [3.8, 4) is 6.07 Å². The van der Waals surface area contributed by atoms with E-state index in [0.29, 0.717) is 36.7 Å². The zero-order valence-electron chi connectivity index (χ0n) is 20.5. The average Bonchev–Trinajstić information content (AvgIpc) is 2.90. The van der Waals surface area contributed by atoms with E-state index in [-0.39, 0.29) is 12.0 Å². The van der Waals surface area contributed by atoms with E-state index in [4.69, 9.17) is 14.7 Å². The Bertz CT molecular complexity index is 1170. The van der Waals surface area contributed by atoms with E-state index >= 15 is 0 Å². The number of esters is 1. The summed E-state index contributed by atoms with van der Waals surface area (Å²) >= 11 is 0. The lowest BCUT2D eigenvalue weighted by atomic mass is 10.0. The summed E-state index contributed by atoms with van der Waals surface area (Å²) in [7, 11) is 0. The maximum Gasteiger partial charge on any atom is 0.329 e. The minimum atomic E-state index is -1.13. The van der Waals surface area contributed by atoms with Gasteiger partial charge < -0.3 is 15.0 Å². The number of hydrogen-bond acceptors (Lipinski definition) is 7. The Morgan fingerprint density at radius 3 is 2.49 bits per heavy atom. The lowest BCUT2D eigenvalue weighted by molar-refractivity contribution is -0.145. The van der Waals surface area contributed by atoms with Gasteiger partial charge >= 0.3 is 5.97 Å². The molecule has 1 aliphatic rings. The monoisotopic (exact) mass is 471 g/mol. The summed E-state index contributed by atoms with van der Waals surface area (Å²) in [5.41, 5.74) is 3.04. The maximum absolute atomic E-state index is 13.0. The molecular weight excluding hydrogens is 438 g/mol. The molecule has 2 heterocycles. The van der Waals surface area contributed by atoms with E-state index in [1.165, 1.54) is 5.56 Å². The molecule has 0 amide bonds. The molecule has 3 aromatic rings. The predicted octanol–water partition coefficient (Wildman–Crippen LogP) is 4.24. The molecule has 2 unspecified atom stereocenters. The number of nitrogens with zero attached hydrogens (tertiary/aromatic N) is 4. The molecule has 2 aromatic carbocycles. The molecule has 7 heteroatoms. The van der Waals surface area contributed by atoms with Gasteiger partial charge in [-0.3, -0.25) is 4.79 Å². The van der Waals surface area contributed by atoms with Crippen molar-refractivity contribution < 1.29 is 9.53 Å². The second kappa shape index (κ2) is 11.8. The van der Waals surface area contributed by atoms with Crippen molar-refractivity contribution in [2.75, 3.05) is 31.1 Å². The van der Waals surface area contributed by atoms with Gasteiger partial charge in [-0.1, -0.05) is 69.2 Å². The van der Waals surface area contributed by atoms with E-state index in [1.54, 1.807) is 0 Å². The van der Waals surface area contributed by atoms with Crippen LogP contribution < -0.4 is 10.2 Å². The summed E-state index contributed by atoms with van der Waals surface area (Å²) in [4.78, 5) is 24.9. The normalized spacial score (nSPS) is 16.7. The zero-order chi connectivity index (χ0) is 24.6. The van der Waals surface area contributed by atoms with Gasteiger partial charge in [-0.25, -0.2) is 9.97 Å². The van der Waals surface area contributed by atoms with Crippen molar-refractivity contribution in [3.05, 3.63) is 65.9 Å². The van der Waals surface area contributed by atoms with Crippen molar-refractivity contribution in [1.82, 2.24) is 15.3 Å². The largest absolute Gasteiger partial charge is 0.464 e. The van der Waals surface area contributed by atoms with Gasteiger partial charge in [0.05, 0.1) is 23.7 Å². The third-order valence-corrected chi connectivity index (χ3v) is 6.71. The van der Waals surface area contributed by atoms with Gasteiger partial charge in [-0.15, -0.1) is 0 Å². The third-order valence-electron chi connectivity index (χ3n) is 6.71. The Labute approximate surface area is 207 Å². The van der Waals surface area contributed by atoms with Crippen molar-refractivity contribution in [3.63, 3.8) is 0 Å². The first-order chi connectivity index (χ1) is 17.1. The summed E-state index contributed by atoms with van der Waals surface area (Å²) < 4.78 is 5.59. The summed E-state index contributed by atoms with van der Waals surface area (Å²) in [6.07, 6.45) is 2.73. The average molecular weight is 472 g/mol. The van der Waals surface area contributed by atoms with Crippen LogP contribution >= 0.6 is 0 Å². The van der Waals surface area contributed by atoms with Gasteiger partial charge in [0, 0.05) is 25.7 Å². The number of nitriles is 1. The molecule has 0 bridgehead atoms. The van der Waals surface area contributed by atoms with Crippen LogP contribution in [-0.4, -0.2) is 48.2 Å². The van der Waals surface area contributed by atoms with Crippen LogP contribution in [0.15, 0.2) is 54.6 Å². The van der Waals surface area contributed by atoms with Crippen LogP contribution in [0, 0.1) is 17.2 Å². The molecule has 1 N–H and O–H groups in total. The van der Waals surface area contributed by atoms with Crippen LogP contribution in [-0.2, 0) is 16.0 Å². The molecular formula is C28H33N5O2. The van der Waals surface area contributed by atoms with E-state index in [1.807, 2.05) is 42.5 Å². The van der Waals surface area contributed by atoms with Gasteiger partial charge in [0.15, 0.2) is 11.7 Å². The Morgan fingerprint density at radius 2 is 1.80 bits per heavy atom. The van der Waals surface area contributed by atoms with E-state index < -0.39 is 11.9 Å². The molecule has 35 heavy (non-hydrogen) atoms. The van der Waals surface area contributed by atoms with Crippen LogP contribution in [0.3, 0.4) is 0 Å². The highest BCUT2D eigenvalue weighted by molar-refractivity contribution is 5.85. The molecule has 182 valence electrons. The zero-order valence-corrected chi connectivity index (χ0v) is 20.5. The fourth-order valence-corrected chi connectivity index (χ4v) is 4.52. The number of rotatable bonds is 9. The molecule has 0 radical (unpaired) electrons. The lowest BCUT2D eigenvalue weighted by Gasteiger charge is -2.35. The first-order valence-electron chi connectivity index (χ1n) is 12.5. The standard InChI is InChI=1S/C28H33N5O2/c1-3-20(4-2)19-35-28(34)23(17-29)26-27(32-25-13-9-8-12-24(25)31-26)33-15-14-30-22(18-33)16-21-10-6-5-7-11-21/h5-13,20,22-23,30H,3-4,14-16,18-19H2,1-2H3. The van der Waals surface area contributed by atoms with Gasteiger partial charge in [-0.05, 0) is 30.0 Å². The number of ether oxygens (including phenoxy) is 1. The smallest absolute Gasteiger partial charge is 0.329 e. The van der Waals surface area contributed by atoms with Crippen molar-refractivity contribution >= 4 is 22.8 Å². The molecule has 4 rings (SSSR count). The summed E-state index contributed by atoms with van der Waals surface area (Å²) in [5, 5.41) is 13.6. The maximum atomic E-state index is 13.0. The van der Waals surface area contributed by atoms with Crippen LogP contribution in [0.1, 0.15) is 43.9 Å². The molecule has 0 spiro atoms. The fourth-order valence-electron chi connectivity index (χ4n) is 4.52. The van der Waals surface area contributed by atoms with E-state index in [2.05, 4.69) is 42.3 Å². The Morgan fingerprint density at radius 1 is 1.11 bits per heavy atom. The highest BCUT2D eigenvalue weighted by Gasteiger charge is 2.32.